The van der Waals surface area contributed by atoms with E-state index >= 15 is 0 Å². The number of nitrogens with zero attached hydrogens (tertiary/aromatic N) is 1. The number of ether oxygens (including phenoxy) is 1. The average molecular weight is 203 g/mol. The van der Waals surface area contributed by atoms with Crippen molar-refractivity contribution in [2.24, 2.45) is 0 Å². The van der Waals surface area contributed by atoms with Crippen LogP contribution in [0.4, 0.5) is 0 Å². The summed E-state index contributed by atoms with van der Waals surface area (Å²) in [6.45, 7) is 2.04. The van der Waals surface area contributed by atoms with Gasteiger partial charge in [-0.1, -0.05) is 0 Å². The lowest BCUT2D eigenvalue weighted by Crippen LogP contribution is -2.52. The molecule has 2 rings (SSSR count). The van der Waals surface area contributed by atoms with Crippen molar-refractivity contribution in [3.05, 3.63) is 0 Å². The largest absolute Gasteiger partial charge is 0.381 e. The van der Waals surface area contributed by atoms with E-state index in [-0.39, 0.29) is 0 Å². The summed E-state index contributed by atoms with van der Waals surface area (Å²) in [7, 11) is 1.25. The van der Waals surface area contributed by atoms with Crippen molar-refractivity contribution >= 4 is 10.8 Å². The minimum Gasteiger partial charge on any atom is -0.381 e. The lowest BCUT2D eigenvalue weighted by Gasteiger charge is -2.43. The molecule has 0 unspecified atom stereocenters. The van der Waals surface area contributed by atoms with Gasteiger partial charge in [-0.3, -0.25) is 9.11 Å². The minimum absolute atomic E-state index is 0.484. The van der Waals surface area contributed by atoms with E-state index in [0.29, 0.717) is 12.1 Å². The molecule has 1 saturated heterocycles. The summed E-state index contributed by atoms with van der Waals surface area (Å²) in [6, 6.07) is 0.710. The molecule has 0 aromatic heterocycles. The molecule has 1 aliphatic heterocycles. The van der Waals surface area contributed by atoms with Crippen LogP contribution >= 0.6 is 0 Å². The van der Waals surface area contributed by atoms with Crippen LogP contribution in [0.1, 0.15) is 12.8 Å². The third-order valence-corrected chi connectivity index (χ3v) is 4.41. The van der Waals surface area contributed by atoms with Gasteiger partial charge in [-0.2, -0.15) is 0 Å². The van der Waals surface area contributed by atoms with Crippen LogP contribution in [0.25, 0.3) is 0 Å². The second-order valence-electron chi connectivity index (χ2n) is 3.87. The normalized spacial score (nSPS) is 37.3. The maximum Gasteiger partial charge on any atom is 0.0601 e. The predicted octanol–water partition coefficient (Wildman–Crippen LogP) is 0.228. The highest BCUT2D eigenvalue weighted by Gasteiger charge is 2.34. The molecule has 76 valence electrons. The molecule has 4 heteroatoms. The first-order chi connectivity index (χ1) is 6.29. The Labute approximate surface area is 81.9 Å². The first-order valence-electron chi connectivity index (χ1n) is 4.91. The lowest BCUT2D eigenvalue weighted by atomic mass is 9.88. The van der Waals surface area contributed by atoms with E-state index in [9.17, 15) is 4.21 Å². The SMILES string of the molecule is COC1CC(N2CCS(=O)CC2)C1. The van der Waals surface area contributed by atoms with Crippen LogP contribution in [-0.4, -0.2) is 53.0 Å². The van der Waals surface area contributed by atoms with Crippen LogP contribution in [0.2, 0.25) is 0 Å². The van der Waals surface area contributed by atoms with Crippen LogP contribution in [0.3, 0.4) is 0 Å². The first kappa shape index (κ1) is 9.62. The third-order valence-electron chi connectivity index (χ3n) is 3.13. The Morgan fingerprint density at radius 2 is 1.92 bits per heavy atom. The second kappa shape index (κ2) is 4.07. The Hall–Kier alpha value is 0.0700. The zero-order valence-electron chi connectivity index (χ0n) is 8.07. The van der Waals surface area contributed by atoms with Gasteiger partial charge in [-0.25, -0.2) is 0 Å². The Morgan fingerprint density at radius 1 is 1.31 bits per heavy atom. The molecule has 0 spiro atoms. The fraction of sp³-hybridized carbons (Fsp3) is 1.00. The van der Waals surface area contributed by atoms with Gasteiger partial charge in [0.05, 0.1) is 6.10 Å². The van der Waals surface area contributed by atoms with E-state index in [1.54, 1.807) is 7.11 Å². The lowest BCUT2D eigenvalue weighted by molar-refractivity contribution is -0.0243. The Balaban J connectivity index is 1.74. The molecule has 0 aromatic carbocycles. The Bertz CT molecular complexity index is 194. The molecule has 13 heavy (non-hydrogen) atoms. The summed E-state index contributed by atoms with van der Waals surface area (Å²) in [5.41, 5.74) is 0. The summed E-state index contributed by atoms with van der Waals surface area (Å²) >= 11 is 0. The highest BCUT2D eigenvalue weighted by Crippen LogP contribution is 2.28. The van der Waals surface area contributed by atoms with Crippen LogP contribution in [0.15, 0.2) is 0 Å². The summed E-state index contributed by atoms with van der Waals surface area (Å²) in [4.78, 5) is 2.47. The molecule has 2 aliphatic rings. The first-order valence-corrected chi connectivity index (χ1v) is 6.40. The minimum atomic E-state index is -0.539. The van der Waals surface area contributed by atoms with E-state index in [0.717, 1.165) is 24.6 Å². The Kier molecular flexibility index (Phi) is 3.01. The topological polar surface area (TPSA) is 29.5 Å². The summed E-state index contributed by atoms with van der Waals surface area (Å²) in [5, 5.41) is 0. The van der Waals surface area contributed by atoms with E-state index in [2.05, 4.69) is 4.90 Å². The van der Waals surface area contributed by atoms with Gasteiger partial charge in [0.15, 0.2) is 0 Å². The van der Waals surface area contributed by atoms with Crippen LogP contribution in [0, 0.1) is 0 Å². The average Bonchev–Trinajstić information content (AvgIpc) is 2.06. The fourth-order valence-electron chi connectivity index (χ4n) is 2.05. The second-order valence-corrected chi connectivity index (χ2v) is 5.56. The standard InChI is InChI=1S/C9H17NO2S/c1-12-9-6-8(7-9)10-2-4-13(11)5-3-10/h8-9H,2-7H2,1H3. The quantitative estimate of drug-likeness (QED) is 0.643. The molecule has 1 saturated carbocycles. The summed E-state index contributed by atoms with van der Waals surface area (Å²) in [5.74, 6) is 1.74. The van der Waals surface area contributed by atoms with E-state index in [1.807, 2.05) is 0 Å². The van der Waals surface area contributed by atoms with Crippen molar-refractivity contribution in [1.29, 1.82) is 0 Å². The van der Waals surface area contributed by atoms with Crippen molar-refractivity contribution in [3.8, 4) is 0 Å². The van der Waals surface area contributed by atoms with Crippen molar-refractivity contribution < 1.29 is 8.95 Å². The van der Waals surface area contributed by atoms with Crippen molar-refractivity contribution in [2.45, 2.75) is 25.0 Å². The molecule has 1 heterocycles. The van der Waals surface area contributed by atoms with Gasteiger partial charge in [0.25, 0.3) is 0 Å². The van der Waals surface area contributed by atoms with Crippen LogP contribution in [0.5, 0.6) is 0 Å². The molecule has 0 bridgehead atoms. The smallest absolute Gasteiger partial charge is 0.0601 e. The molecule has 0 aromatic rings. The zero-order valence-corrected chi connectivity index (χ0v) is 8.89. The van der Waals surface area contributed by atoms with E-state index < -0.39 is 10.8 Å². The van der Waals surface area contributed by atoms with Crippen molar-refractivity contribution in [1.82, 2.24) is 4.90 Å². The predicted molar refractivity (Wildman–Crippen MR) is 53.3 cm³/mol. The van der Waals surface area contributed by atoms with Gasteiger partial charge >= 0.3 is 0 Å². The summed E-state index contributed by atoms with van der Waals surface area (Å²) in [6.07, 6.45) is 2.82. The molecule has 1 aliphatic carbocycles. The molecule has 0 radical (unpaired) electrons. The maximum absolute atomic E-state index is 11.1. The van der Waals surface area contributed by atoms with Gasteiger partial charge in [0.2, 0.25) is 0 Å². The van der Waals surface area contributed by atoms with E-state index in [4.69, 9.17) is 4.74 Å². The molecule has 0 atom stereocenters. The molecule has 0 amide bonds. The number of methoxy groups -OCH3 is 1. The fourth-order valence-corrected chi connectivity index (χ4v) is 3.13. The van der Waals surface area contributed by atoms with Gasteiger partial charge in [-0.15, -0.1) is 0 Å². The van der Waals surface area contributed by atoms with E-state index in [1.165, 1.54) is 12.8 Å². The van der Waals surface area contributed by atoms with Gasteiger partial charge < -0.3 is 4.74 Å². The van der Waals surface area contributed by atoms with Crippen LogP contribution in [-0.2, 0) is 15.5 Å². The third kappa shape index (κ3) is 2.11. The zero-order chi connectivity index (χ0) is 9.26. The number of hydrogen-bond donors (Lipinski definition) is 0. The van der Waals surface area contributed by atoms with Crippen LogP contribution < -0.4 is 0 Å². The highest BCUT2D eigenvalue weighted by atomic mass is 32.2. The van der Waals surface area contributed by atoms with Gasteiger partial charge in [0.1, 0.15) is 0 Å². The monoisotopic (exact) mass is 203 g/mol. The maximum atomic E-state index is 11.1. The molecule has 0 N–H and O–H groups in total. The molecular weight excluding hydrogens is 186 g/mol. The number of rotatable bonds is 2. The van der Waals surface area contributed by atoms with Gasteiger partial charge in [-0.05, 0) is 12.8 Å². The van der Waals surface area contributed by atoms with Crippen molar-refractivity contribution in [2.75, 3.05) is 31.7 Å². The number of hydrogen-bond acceptors (Lipinski definition) is 3. The van der Waals surface area contributed by atoms with Gasteiger partial charge in [0, 0.05) is 48.5 Å². The molecule has 3 nitrogen and oxygen atoms in total. The Morgan fingerprint density at radius 3 is 2.46 bits per heavy atom. The highest BCUT2D eigenvalue weighted by molar-refractivity contribution is 7.85. The summed E-state index contributed by atoms with van der Waals surface area (Å²) < 4.78 is 16.4. The van der Waals surface area contributed by atoms with Crippen molar-refractivity contribution in [3.63, 3.8) is 0 Å². The molecular formula is C9H17NO2S. The molecule has 2 fully saturated rings.